The second-order valence-electron chi connectivity index (χ2n) is 7.91. The molecule has 1 fully saturated rings. The van der Waals surface area contributed by atoms with Crippen LogP contribution in [0.3, 0.4) is 0 Å². The fourth-order valence-corrected chi connectivity index (χ4v) is 4.11. The maximum absolute atomic E-state index is 12.5. The van der Waals surface area contributed by atoms with Crippen molar-refractivity contribution >= 4 is 22.4 Å². The van der Waals surface area contributed by atoms with Crippen molar-refractivity contribution in [1.29, 1.82) is 0 Å². The Kier molecular flexibility index (Phi) is 5.65. The van der Waals surface area contributed by atoms with E-state index >= 15 is 0 Å². The minimum absolute atomic E-state index is 0.0340. The summed E-state index contributed by atoms with van der Waals surface area (Å²) in [5.41, 5.74) is 4.05. The Morgan fingerprint density at radius 2 is 1.69 bits per heavy atom. The largest absolute Gasteiger partial charge is 0.322 e. The van der Waals surface area contributed by atoms with Gasteiger partial charge in [-0.2, -0.15) is 5.10 Å². The molecule has 1 aliphatic rings. The number of anilines is 1. The topological polar surface area (TPSA) is 53.4 Å². The molecule has 6 nitrogen and oxygen atoms in total. The Balaban J connectivity index is 1.31. The predicted octanol–water partition coefficient (Wildman–Crippen LogP) is 2.95. The first-order valence-corrected chi connectivity index (χ1v) is 10.2. The second-order valence-corrected chi connectivity index (χ2v) is 7.91. The number of piperazine rings is 1. The van der Waals surface area contributed by atoms with E-state index in [4.69, 9.17) is 0 Å². The number of carbonyl (C=O) groups excluding carboxylic acids is 1. The highest BCUT2D eigenvalue weighted by atomic mass is 16.2. The molecule has 2 aromatic carbocycles. The summed E-state index contributed by atoms with van der Waals surface area (Å²) in [4.78, 5) is 17.2. The number of fused-ring (bicyclic) bond motifs is 1. The van der Waals surface area contributed by atoms with E-state index in [0.717, 1.165) is 49.8 Å². The van der Waals surface area contributed by atoms with Crippen LogP contribution >= 0.6 is 0 Å². The highest BCUT2D eigenvalue weighted by Crippen LogP contribution is 2.21. The van der Waals surface area contributed by atoms with Gasteiger partial charge in [-0.1, -0.05) is 42.5 Å². The monoisotopic (exact) mass is 391 g/mol. The molecule has 1 N–H and O–H groups in total. The zero-order valence-corrected chi connectivity index (χ0v) is 17.5. The fraction of sp³-hybridized carbons (Fsp3) is 0.391. The van der Waals surface area contributed by atoms with Crippen LogP contribution in [-0.2, 0) is 18.4 Å². The van der Waals surface area contributed by atoms with E-state index in [9.17, 15) is 4.79 Å². The summed E-state index contributed by atoms with van der Waals surface area (Å²) in [6.45, 7) is 9.04. The molecule has 0 spiro atoms. The van der Waals surface area contributed by atoms with Crippen molar-refractivity contribution in [3.63, 3.8) is 0 Å². The van der Waals surface area contributed by atoms with Gasteiger partial charge < -0.3 is 5.32 Å². The lowest BCUT2D eigenvalue weighted by molar-refractivity contribution is -0.117. The number of nitrogens with zero attached hydrogens (tertiary/aromatic N) is 4. The van der Waals surface area contributed by atoms with E-state index in [-0.39, 0.29) is 5.91 Å². The lowest BCUT2D eigenvalue weighted by Gasteiger charge is -2.34. The molecular weight excluding hydrogens is 362 g/mol. The number of hydrogen-bond donors (Lipinski definition) is 1. The number of amides is 1. The SMILES string of the molecule is Cc1nn(C)c(C)c1NC(=O)CN1CCN(Cc2cccc3ccccc23)CC1. The molecule has 2 heterocycles. The molecule has 152 valence electrons. The van der Waals surface area contributed by atoms with Crippen molar-refractivity contribution in [2.24, 2.45) is 7.05 Å². The third kappa shape index (κ3) is 4.33. The quantitative estimate of drug-likeness (QED) is 0.727. The Labute approximate surface area is 172 Å². The van der Waals surface area contributed by atoms with Gasteiger partial charge in [0.2, 0.25) is 5.91 Å². The zero-order chi connectivity index (χ0) is 20.4. The Morgan fingerprint density at radius 1 is 1.00 bits per heavy atom. The summed E-state index contributed by atoms with van der Waals surface area (Å²) in [5.74, 6) is 0.0340. The smallest absolute Gasteiger partial charge is 0.238 e. The van der Waals surface area contributed by atoms with Crippen molar-refractivity contribution in [2.45, 2.75) is 20.4 Å². The molecule has 0 atom stereocenters. The highest BCUT2D eigenvalue weighted by molar-refractivity contribution is 5.93. The summed E-state index contributed by atoms with van der Waals surface area (Å²) in [7, 11) is 1.90. The molecular formula is C23H29N5O. The van der Waals surface area contributed by atoms with Gasteiger partial charge >= 0.3 is 0 Å². The van der Waals surface area contributed by atoms with Crippen LogP contribution < -0.4 is 5.32 Å². The van der Waals surface area contributed by atoms with Crippen molar-refractivity contribution in [3.8, 4) is 0 Å². The number of rotatable bonds is 5. The van der Waals surface area contributed by atoms with Gasteiger partial charge in [0.1, 0.15) is 0 Å². The second kappa shape index (κ2) is 8.35. The average Bonchev–Trinajstić information content (AvgIpc) is 2.96. The van der Waals surface area contributed by atoms with Crippen molar-refractivity contribution in [3.05, 3.63) is 59.4 Å². The van der Waals surface area contributed by atoms with Crippen LogP contribution in [0.1, 0.15) is 17.0 Å². The van der Waals surface area contributed by atoms with Gasteiger partial charge in [0.25, 0.3) is 0 Å². The summed E-state index contributed by atoms with van der Waals surface area (Å²) < 4.78 is 1.80. The lowest BCUT2D eigenvalue weighted by atomic mass is 10.0. The summed E-state index contributed by atoms with van der Waals surface area (Å²) >= 11 is 0. The van der Waals surface area contributed by atoms with Gasteiger partial charge in [-0.15, -0.1) is 0 Å². The Bertz CT molecular complexity index is 1010. The molecule has 0 radical (unpaired) electrons. The number of nitrogens with one attached hydrogen (secondary N) is 1. The zero-order valence-electron chi connectivity index (χ0n) is 17.5. The number of aryl methyl sites for hydroxylation is 2. The van der Waals surface area contributed by atoms with Crippen LogP contribution in [0.2, 0.25) is 0 Å². The van der Waals surface area contributed by atoms with Crippen molar-refractivity contribution in [1.82, 2.24) is 19.6 Å². The van der Waals surface area contributed by atoms with E-state index in [0.29, 0.717) is 6.54 Å². The lowest BCUT2D eigenvalue weighted by Crippen LogP contribution is -2.48. The maximum atomic E-state index is 12.5. The third-order valence-corrected chi connectivity index (χ3v) is 5.88. The summed E-state index contributed by atoms with van der Waals surface area (Å²) in [6, 6.07) is 15.1. The van der Waals surface area contributed by atoms with Gasteiger partial charge in [-0.05, 0) is 30.2 Å². The van der Waals surface area contributed by atoms with E-state index in [1.165, 1.54) is 16.3 Å². The van der Waals surface area contributed by atoms with Crippen LogP contribution in [0, 0.1) is 13.8 Å². The number of hydrogen-bond acceptors (Lipinski definition) is 4. The summed E-state index contributed by atoms with van der Waals surface area (Å²) in [6.07, 6.45) is 0. The molecule has 4 rings (SSSR count). The van der Waals surface area contributed by atoms with E-state index in [2.05, 4.69) is 62.7 Å². The molecule has 1 aliphatic heterocycles. The highest BCUT2D eigenvalue weighted by Gasteiger charge is 2.20. The Hall–Kier alpha value is -2.70. The van der Waals surface area contributed by atoms with Crippen LogP contribution in [0.4, 0.5) is 5.69 Å². The number of benzene rings is 2. The first-order valence-electron chi connectivity index (χ1n) is 10.2. The standard InChI is InChI=1S/C23H29N5O/c1-17-23(18(2)26(3)25-17)24-22(29)16-28-13-11-27(12-14-28)15-20-9-6-8-19-7-4-5-10-21(19)20/h4-10H,11-16H2,1-3H3,(H,24,29). The first-order chi connectivity index (χ1) is 14.0. The minimum Gasteiger partial charge on any atom is -0.322 e. The molecule has 0 aliphatic carbocycles. The minimum atomic E-state index is 0.0340. The van der Waals surface area contributed by atoms with Crippen LogP contribution in [0.5, 0.6) is 0 Å². The van der Waals surface area contributed by atoms with Crippen LogP contribution in [0.25, 0.3) is 10.8 Å². The molecule has 0 bridgehead atoms. The van der Waals surface area contributed by atoms with Gasteiger partial charge in [-0.3, -0.25) is 19.3 Å². The van der Waals surface area contributed by atoms with Gasteiger partial charge in [0.15, 0.2) is 0 Å². The number of aromatic nitrogens is 2. The van der Waals surface area contributed by atoms with Gasteiger partial charge in [0.05, 0.1) is 23.6 Å². The average molecular weight is 392 g/mol. The number of carbonyl (C=O) groups is 1. The van der Waals surface area contributed by atoms with Gasteiger partial charge in [0, 0.05) is 39.8 Å². The maximum Gasteiger partial charge on any atom is 0.238 e. The Morgan fingerprint density at radius 3 is 2.41 bits per heavy atom. The first kappa shape index (κ1) is 19.6. The van der Waals surface area contributed by atoms with Crippen LogP contribution in [0.15, 0.2) is 42.5 Å². The predicted molar refractivity (Wildman–Crippen MR) is 117 cm³/mol. The molecule has 3 aromatic rings. The van der Waals surface area contributed by atoms with Gasteiger partial charge in [-0.25, -0.2) is 0 Å². The molecule has 1 aromatic heterocycles. The van der Waals surface area contributed by atoms with Crippen molar-refractivity contribution in [2.75, 3.05) is 38.0 Å². The van der Waals surface area contributed by atoms with E-state index in [1.807, 2.05) is 20.9 Å². The molecule has 0 saturated carbocycles. The molecule has 29 heavy (non-hydrogen) atoms. The summed E-state index contributed by atoms with van der Waals surface area (Å²) in [5, 5.41) is 10.0. The molecule has 1 saturated heterocycles. The van der Waals surface area contributed by atoms with E-state index in [1.54, 1.807) is 4.68 Å². The normalized spacial score (nSPS) is 15.7. The molecule has 1 amide bonds. The third-order valence-electron chi connectivity index (χ3n) is 5.88. The van der Waals surface area contributed by atoms with Crippen LogP contribution in [-0.4, -0.2) is 58.2 Å². The molecule has 0 unspecified atom stereocenters. The fourth-order valence-electron chi connectivity index (χ4n) is 4.11. The van der Waals surface area contributed by atoms with Crippen molar-refractivity contribution < 1.29 is 4.79 Å². The molecule has 6 heteroatoms. The van der Waals surface area contributed by atoms with E-state index < -0.39 is 0 Å².